The fourth-order valence-corrected chi connectivity index (χ4v) is 6.75. The lowest BCUT2D eigenvalue weighted by Crippen LogP contribution is -2.60. The molecule has 1 unspecified atom stereocenters. The van der Waals surface area contributed by atoms with Gasteiger partial charge in [-0.15, -0.1) is 0 Å². The van der Waals surface area contributed by atoms with E-state index in [-0.39, 0.29) is 29.7 Å². The van der Waals surface area contributed by atoms with Crippen LogP contribution in [0.25, 0.3) is 0 Å². The zero-order valence-corrected chi connectivity index (χ0v) is 17.3. The number of carbonyl (C=O) groups is 2. The molecule has 4 aliphatic carbocycles. The van der Waals surface area contributed by atoms with E-state index in [0.29, 0.717) is 23.7 Å². The second kappa shape index (κ2) is 6.92. The molecule has 6 rings (SSSR count). The van der Waals surface area contributed by atoms with Crippen molar-refractivity contribution in [3.8, 4) is 11.5 Å². The minimum absolute atomic E-state index is 0.0138. The molecule has 1 aromatic rings. The largest absolute Gasteiger partial charge is 0.497 e. The van der Waals surface area contributed by atoms with E-state index in [0.717, 1.165) is 37.0 Å². The summed E-state index contributed by atoms with van der Waals surface area (Å²) in [5.74, 6) is 3.33. The summed E-state index contributed by atoms with van der Waals surface area (Å²) in [6, 6.07) is 5.41. The van der Waals surface area contributed by atoms with Crippen LogP contribution in [-0.2, 0) is 9.59 Å². The van der Waals surface area contributed by atoms with Gasteiger partial charge in [0.1, 0.15) is 11.5 Å². The monoisotopic (exact) mass is 398 g/mol. The highest BCUT2D eigenvalue weighted by Gasteiger charge is 2.52. The van der Waals surface area contributed by atoms with Crippen LogP contribution in [0.1, 0.15) is 44.9 Å². The summed E-state index contributed by atoms with van der Waals surface area (Å²) >= 11 is 0. The molecule has 4 bridgehead atoms. The predicted octanol–water partition coefficient (Wildman–Crippen LogP) is 3.14. The summed E-state index contributed by atoms with van der Waals surface area (Å²) < 4.78 is 10.7. The highest BCUT2D eigenvalue weighted by Crippen LogP contribution is 2.55. The molecule has 156 valence electrons. The van der Waals surface area contributed by atoms with Crippen LogP contribution in [0.5, 0.6) is 11.5 Å². The summed E-state index contributed by atoms with van der Waals surface area (Å²) in [7, 11) is 3.18. The molecule has 5 aliphatic rings. The molecule has 6 heteroatoms. The molecule has 1 atom stereocenters. The molecule has 1 aromatic carbocycles. The Hall–Kier alpha value is -2.24. The quantitative estimate of drug-likeness (QED) is 0.827. The van der Waals surface area contributed by atoms with Crippen LogP contribution in [0.4, 0.5) is 5.69 Å². The lowest BCUT2D eigenvalue weighted by Gasteiger charge is -2.57. The molecule has 1 saturated heterocycles. The SMILES string of the molecule is COc1ccc(N2CC(C(=O)NC34CC5CC(CC(C5)C3)C4)CC2=O)c(OC)c1. The molecule has 5 fully saturated rings. The van der Waals surface area contributed by atoms with Gasteiger partial charge in [-0.1, -0.05) is 0 Å². The second-order valence-electron chi connectivity index (χ2n) is 9.63. The molecule has 0 aromatic heterocycles. The van der Waals surface area contributed by atoms with Gasteiger partial charge in [0, 0.05) is 24.6 Å². The Morgan fingerprint density at radius 3 is 2.31 bits per heavy atom. The van der Waals surface area contributed by atoms with Gasteiger partial charge in [-0.05, 0) is 68.4 Å². The number of hydrogen-bond acceptors (Lipinski definition) is 4. The zero-order valence-electron chi connectivity index (χ0n) is 17.3. The first-order valence-corrected chi connectivity index (χ1v) is 10.8. The number of hydrogen-bond donors (Lipinski definition) is 1. The number of ether oxygens (including phenoxy) is 2. The molecule has 1 heterocycles. The number of rotatable bonds is 5. The van der Waals surface area contributed by atoms with E-state index >= 15 is 0 Å². The molecule has 0 radical (unpaired) electrons. The molecule has 1 N–H and O–H groups in total. The molecule has 29 heavy (non-hydrogen) atoms. The number of benzene rings is 1. The van der Waals surface area contributed by atoms with E-state index in [4.69, 9.17) is 9.47 Å². The molecule has 1 aliphatic heterocycles. The van der Waals surface area contributed by atoms with E-state index in [1.807, 2.05) is 12.1 Å². The van der Waals surface area contributed by atoms with Gasteiger partial charge in [0.25, 0.3) is 0 Å². The van der Waals surface area contributed by atoms with Crippen LogP contribution >= 0.6 is 0 Å². The van der Waals surface area contributed by atoms with Gasteiger partial charge < -0.3 is 19.7 Å². The third kappa shape index (κ3) is 3.26. The number of anilines is 1. The van der Waals surface area contributed by atoms with Crippen molar-refractivity contribution in [1.82, 2.24) is 5.32 Å². The first-order chi connectivity index (χ1) is 14.0. The summed E-state index contributed by atoms with van der Waals surface area (Å²) in [4.78, 5) is 27.6. The number of methoxy groups -OCH3 is 2. The minimum Gasteiger partial charge on any atom is -0.497 e. The lowest BCUT2D eigenvalue weighted by molar-refractivity contribution is -0.131. The second-order valence-corrected chi connectivity index (χ2v) is 9.63. The molecule has 2 amide bonds. The van der Waals surface area contributed by atoms with Crippen molar-refractivity contribution in [2.24, 2.45) is 23.7 Å². The fourth-order valence-electron chi connectivity index (χ4n) is 6.75. The van der Waals surface area contributed by atoms with E-state index in [9.17, 15) is 9.59 Å². The molecule has 4 saturated carbocycles. The summed E-state index contributed by atoms with van der Waals surface area (Å²) in [6.45, 7) is 0.403. The Bertz CT molecular complexity index is 801. The smallest absolute Gasteiger partial charge is 0.227 e. The van der Waals surface area contributed by atoms with Crippen molar-refractivity contribution in [3.63, 3.8) is 0 Å². The third-order valence-electron chi connectivity index (χ3n) is 7.60. The molecule has 0 spiro atoms. The van der Waals surface area contributed by atoms with Crippen molar-refractivity contribution in [3.05, 3.63) is 18.2 Å². The van der Waals surface area contributed by atoms with Gasteiger partial charge in [-0.3, -0.25) is 9.59 Å². The summed E-state index contributed by atoms with van der Waals surface area (Å²) in [6.07, 6.45) is 7.68. The molecular weight excluding hydrogens is 368 g/mol. The van der Waals surface area contributed by atoms with Crippen LogP contribution in [-0.4, -0.2) is 38.1 Å². The topological polar surface area (TPSA) is 67.9 Å². The van der Waals surface area contributed by atoms with Gasteiger partial charge in [0.2, 0.25) is 11.8 Å². The van der Waals surface area contributed by atoms with E-state index < -0.39 is 0 Å². The van der Waals surface area contributed by atoms with E-state index in [2.05, 4.69) is 5.32 Å². The van der Waals surface area contributed by atoms with Crippen LogP contribution < -0.4 is 19.7 Å². The van der Waals surface area contributed by atoms with Crippen molar-refractivity contribution < 1.29 is 19.1 Å². The van der Waals surface area contributed by atoms with Gasteiger partial charge in [-0.2, -0.15) is 0 Å². The average Bonchev–Trinajstić information content (AvgIpc) is 3.07. The van der Waals surface area contributed by atoms with Crippen LogP contribution in [0, 0.1) is 23.7 Å². The predicted molar refractivity (Wildman–Crippen MR) is 109 cm³/mol. The maximum atomic E-state index is 13.2. The normalized spacial score (nSPS) is 35.1. The number of nitrogens with zero attached hydrogens (tertiary/aromatic N) is 1. The zero-order chi connectivity index (χ0) is 20.2. The van der Waals surface area contributed by atoms with Crippen molar-refractivity contribution >= 4 is 17.5 Å². The van der Waals surface area contributed by atoms with Gasteiger partial charge in [0.05, 0.1) is 25.8 Å². The Morgan fingerprint density at radius 2 is 1.72 bits per heavy atom. The lowest BCUT2D eigenvalue weighted by atomic mass is 9.53. The minimum atomic E-state index is -0.303. The van der Waals surface area contributed by atoms with Gasteiger partial charge >= 0.3 is 0 Å². The maximum absolute atomic E-state index is 13.2. The number of amides is 2. The summed E-state index contributed by atoms with van der Waals surface area (Å²) in [5, 5.41) is 3.44. The van der Waals surface area contributed by atoms with Crippen LogP contribution in [0.3, 0.4) is 0 Å². The summed E-state index contributed by atoms with van der Waals surface area (Å²) in [5.41, 5.74) is 0.684. The molecular formula is C23H30N2O4. The Labute approximate surface area is 171 Å². The Kier molecular flexibility index (Phi) is 4.48. The maximum Gasteiger partial charge on any atom is 0.227 e. The Morgan fingerprint density at radius 1 is 1.07 bits per heavy atom. The van der Waals surface area contributed by atoms with Gasteiger partial charge in [0.15, 0.2) is 0 Å². The average molecular weight is 399 g/mol. The van der Waals surface area contributed by atoms with Crippen LogP contribution in [0.15, 0.2) is 18.2 Å². The van der Waals surface area contributed by atoms with Gasteiger partial charge in [-0.25, -0.2) is 0 Å². The van der Waals surface area contributed by atoms with Crippen molar-refractivity contribution in [1.29, 1.82) is 0 Å². The molecule has 6 nitrogen and oxygen atoms in total. The standard InChI is InChI=1S/C23H30N2O4/c1-28-18-3-4-19(20(9-18)29-2)25-13-17(8-21(25)26)22(27)24-23-10-14-5-15(11-23)7-16(6-14)12-23/h3-4,9,14-17H,5-8,10-13H2,1-2H3,(H,24,27). The third-order valence-corrected chi connectivity index (χ3v) is 7.60. The first kappa shape index (κ1) is 18.8. The van der Waals surface area contributed by atoms with Crippen molar-refractivity contribution in [2.45, 2.75) is 50.5 Å². The first-order valence-electron chi connectivity index (χ1n) is 10.8. The highest BCUT2D eigenvalue weighted by atomic mass is 16.5. The van der Waals surface area contributed by atoms with E-state index in [1.54, 1.807) is 25.2 Å². The highest BCUT2D eigenvalue weighted by molar-refractivity contribution is 6.01. The number of carbonyl (C=O) groups excluding carboxylic acids is 2. The van der Waals surface area contributed by atoms with E-state index in [1.165, 1.54) is 19.3 Å². The Balaban J connectivity index is 1.30. The van der Waals surface area contributed by atoms with Crippen molar-refractivity contribution in [2.75, 3.05) is 25.7 Å². The van der Waals surface area contributed by atoms with Crippen LogP contribution in [0.2, 0.25) is 0 Å². The fraction of sp³-hybridized carbons (Fsp3) is 0.652. The number of nitrogens with one attached hydrogen (secondary N) is 1.